The molecule has 1 N–H and O–H groups in total. The Balaban J connectivity index is 1.24. The SMILES string of the molecule is CCC(F)(CC)CN1CCC(COc2ccc(-c3ccc(C(=O)N4CCCC(O)C4)cc3)cc2)CC1. The van der Waals surface area contributed by atoms with Crippen molar-refractivity contribution in [1.82, 2.24) is 9.80 Å². The fourth-order valence-electron chi connectivity index (χ4n) is 5.27. The molecule has 1 amide bonds. The Morgan fingerprint density at radius 1 is 0.972 bits per heavy atom. The lowest BCUT2D eigenvalue weighted by atomic mass is 9.94. The first-order valence-corrected chi connectivity index (χ1v) is 13.6. The van der Waals surface area contributed by atoms with E-state index in [1.807, 2.05) is 62.4 Å². The van der Waals surface area contributed by atoms with Crippen LogP contribution in [0.3, 0.4) is 0 Å². The summed E-state index contributed by atoms with van der Waals surface area (Å²) in [5, 5.41) is 9.85. The minimum atomic E-state index is -1.06. The molecule has 2 aliphatic heterocycles. The summed E-state index contributed by atoms with van der Waals surface area (Å²) in [6, 6.07) is 15.8. The molecule has 1 unspecified atom stereocenters. The van der Waals surface area contributed by atoms with Crippen molar-refractivity contribution in [2.75, 3.05) is 39.3 Å². The summed E-state index contributed by atoms with van der Waals surface area (Å²) in [5.74, 6) is 1.34. The van der Waals surface area contributed by atoms with E-state index in [1.165, 1.54) is 0 Å². The Labute approximate surface area is 215 Å². The van der Waals surface area contributed by atoms with Crippen molar-refractivity contribution in [3.8, 4) is 16.9 Å². The van der Waals surface area contributed by atoms with Gasteiger partial charge in [-0.15, -0.1) is 0 Å². The topological polar surface area (TPSA) is 53.0 Å². The van der Waals surface area contributed by atoms with Crippen LogP contribution in [0.25, 0.3) is 11.1 Å². The van der Waals surface area contributed by atoms with Gasteiger partial charge in [-0.05, 0) is 92.9 Å². The van der Waals surface area contributed by atoms with Crippen LogP contribution in [0, 0.1) is 5.92 Å². The Morgan fingerprint density at radius 2 is 1.58 bits per heavy atom. The van der Waals surface area contributed by atoms with Crippen LogP contribution in [-0.2, 0) is 0 Å². The van der Waals surface area contributed by atoms with Gasteiger partial charge in [-0.2, -0.15) is 0 Å². The first kappa shape index (κ1) is 26.6. The van der Waals surface area contributed by atoms with Gasteiger partial charge in [0.1, 0.15) is 11.4 Å². The number of amides is 1. The first-order chi connectivity index (χ1) is 17.4. The number of hydrogen-bond donors (Lipinski definition) is 1. The standard InChI is InChI=1S/C30H41FN2O3/c1-3-30(31,4-2)22-32-18-15-23(16-19-32)21-36-28-13-11-25(12-14-28)24-7-9-26(10-8-24)29(35)33-17-5-6-27(34)20-33/h7-14,23,27,34H,3-6,15-22H2,1-2H3. The van der Waals surface area contributed by atoms with Crippen molar-refractivity contribution in [1.29, 1.82) is 0 Å². The number of aliphatic hydroxyl groups excluding tert-OH is 1. The predicted octanol–water partition coefficient (Wildman–Crippen LogP) is 5.57. The minimum Gasteiger partial charge on any atom is -0.493 e. The Morgan fingerprint density at radius 3 is 2.17 bits per heavy atom. The highest BCUT2D eigenvalue weighted by molar-refractivity contribution is 5.94. The number of halogens is 1. The molecule has 2 aliphatic rings. The molecule has 5 nitrogen and oxygen atoms in total. The van der Waals surface area contributed by atoms with Gasteiger partial charge in [0.05, 0.1) is 12.7 Å². The zero-order valence-electron chi connectivity index (χ0n) is 21.8. The van der Waals surface area contributed by atoms with E-state index in [4.69, 9.17) is 4.74 Å². The van der Waals surface area contributed by atoms with Gasteiger partial charge >= 0.3 is 0 Å². The second-order valence-electron chi connectivity index (χ2n) is 10.5. The number of piperidine rings is 2. The molecule has 0 spiro atoms. The van der Waals surface area contributed by atoms with Crippen molar-refractivity contribution in [3.05, 3.63) is 54.1 Å². The van der Waals surface area contributed by atoms with Gasteiger partial charge in [0.25, 0.3) is 5.91 Å². The molecule has 0 radical (unpaired) electrons. The molecule has 2 saturated heterocycles. The molecule has 0 bridgehead atoms. The maximum atomic E-state index is 14.7. The molecule has 2 aromatic rings. The molecule has 196 valence electrons. The number of alkyl halides is 1. The lowest BCUT2D eigenvalue weighted by molar-refractivity contribution is 0.0474. The van der Waals surface area contributed by atoms with Gasteiger partial charge < -0.3 is 19.6 Å². The summed E-state index contributed by atoms with van der Waals surface area (Å²) in [4.78, 5) is 16.7. The Kier molecular flexibility index (Phi) is 9.02. The number of carbonyl (C=O) groups is 1. The second-order valence-corrected chi connectivity index (χ2v) is 10.5. The number of carbonyl (C=O) groups excluding carboxylic acids is 1. The summed E-state index contributed by atoms with van der Waals surface area (Å²) < 4.78 is 20.8. The van der Waals surface area contributed by atoms with Crippen LogP contribution in [0.15, 0.2) is 48.5 Å². The van der Waals surface area contributed by atoms with Crippen molar-refractivity contribution < 1.29 is 19.0 Å². The molecule has 0 saturated carbocycles. The van der Waals surface area contributed by atoms with E-state index in [9.17, 15) is 14.3 Å². The maximum absolute atomic E-state index is 14.7. The Hall–Kier alpha value is -2.44. The molecule has 36 heavy (non-hydrogen) atoms. The summed E-state index contributed by atoms with van der Waals surface area (Å²) >= 11 is 0. The molecule has 0 aliphatic carbocycles. The van der Waals surface area contributed by atoms with Gasteiger partial charge in [0.2, 0.25) is 0 Å². The van der Waals surface area contributed by atoms with Crippen LogP contribution in [0.5, 0.6) is 5.75 Å². The number of ether oxygens (including phenoxy) is 1. The molecule has 2 heterocycles. The number of β-amino-alcohol motifs (C(OH)–C–C–N with tert-alkyl or cyclic N) is 1. The molecule has 0 aromatic heterocycles. The van der Waals surface area contributed by atoms with E-state index in [2.05, 4.69) is 4.90 Å². The fourth-order valence-corrected chi connectivity index (χ4v) is 5.27. The Bertz CT molecular complexity index is 967. The third-order valence-electron chi connectivity index (χ3n) is 7.97. The molecule has 2 aromatic carbocycles. The lowest BCUT2D eigenvalue weighted by Crippen LogP contribution is -2.44. The van der Waals surface area contributed by atoms with Crippen molar-refractivity contribution >= 4 is 5.91 Å². The van der Waals surface area contributed by atoms with Gasteiger partial charge in [-0.3, -0.25) is 4.79 Å². The summed E-state index contributed by atoms with van der Waals surface area (Å²) in [6.07, 6.45) is 4.44. The number of benzene rings is 2. The number of likely N-dealkylation sites (tertiary alicyclic amines) is 2. The largest absolute Gasteiger partial charge is 0.493 e. The highest BCUT2D eigenvalue weighted by Crippen LogP contribution is 2.27. The molecule has 2 fully saturated rings. The molecule has 6 heteroatoms. The predicted molar refractivity (Wildman–Crippen MR) is 142 cm³/mol. The average Bonchev–Trinajstić information content (AvgIpc) is 2.92. The molecular weight excluding hydrogens is 455 g/mol. The van der Waals surface area contributed by atoms with Crippen molar-refractivity contribution in [3.63, 3.8) is 0 Å². The normalized spacial score (nSPS) is 19.9. The summed E-state index contributed by atoms with van der Waals surface area (Å²) in [6.45, 7) is 8.11. The highest BCUT2D eigenvalue weighted by Gasteiger charge is 2.30. The van der Waals surface area contributed by atoms with Crippen LogP contribution >= 0.6 is 0 Å². The van der Waals surface area contributed by atoms with E-state index >= 15 is 0 Å². The van der Waals surface area contributed by atoms with Crippen LogP contribution in [0.4, 0.5) is 4.39 Å². The van der Waals surface area contributed by atoms with E-state index < -0.39 is 11.8 Å². The zero-order valence-corrected chi connectivity index (χ0v) is 21.8. The molecule has 4 rings (SSSR count). The average molecular weight is 497 g/mol. The maximum Gasteiger partial charge on any atom is 0.253 e. The highest BCUT2D eigenvalue weighted by atomic mass is 19.1. The smallest absolute Gasteiger partial charge is 0.253 e. The third kappa shape index (κ3) is 6.86. The van der Waals surface area contributed by atoms with Crippen LogP contribution in [0.2, 0.25) is 0 Å². The lowest BCUT2D eigenvalue weighted by Gasteiger charge is -2.36. The molecule has 1 atom stereocenters. The van der Waals surface area contributed by atoms with E-state index in [0.717, 1.165) is 55.6 Å². The van der Waals surface area contributed by atoms with Gasteiger partial charge in [0.15, 0.2) is 0 Å². The van der Waals surface area contributed by atoms with Gasteiger partial charge in [-0.25, -0.2) is 4.39 Å². The minimum absolute atomic E-state index is 0.0189. The second kappa shape index (κ2) is 12.2. The van der Waals surface area contributed by atoms with Crippen molar-refractivity contribution in [2.24, 2.45) is 5.92 Å². The number of rotatable bonds is 9. The van der Waals surface area contributed by atoms with Crippen LogP contribution < -0.4 is 4.74 Å². The first-order valence-electron chi connectivity index (χ1n) is 13.6. The third-order valence-corrected chi connectivity index (χ3v) is 7.97. The van der Waals surface area contributed by atoms with E-state index in [-0.39, 0.29) is 5.91 Å². The summed E-state index contributed by atoms with van der Waals surface area (Å²) in [5.41, 5.74) is 1.72. The van der Waals surface area contributed by atoms with Gasteiger partial charge in [0, 0.05) is 25.2 Å². The molecular formula is C30H41FN2O3. The fraction of sp³-hybridized carbons (Fsp3) is 0.567. The van der Waals surface area contributed by atoms with Crippen LogP contribution in [-0.4, -0.2) is 71.9 Å². The van der Waals surface area contributed by atoms with E-state index in [1.54, 1.807) is 4.90 Å². The number of aliphatic hydroxyl groups is 1. The quantitative estimate of drug-likeness (QED) is 0.493. The monoisotopic (exact) mass is 496 g/mol. The zero-order chi connectivity index (χ0) is 25.5. The summed E-state index contributed by atoms with van der Waals surface area (Å²) in [7, 11) is 0. The van der Waals surface area contributed by atoms with E-state index in [0.29, 0.717) is 50.6 Å². The number of hydrogen-bond acceptors (Lipinski definition) is 4. The van der Waals surface area contributed by atoms with Crippen LogP contribution in [0.1, 0.15) is 62.7 Å². The van der Waals surface area contributed by atoms with Crippen molar-refractivity contribution in [2.45, 2.75) is 64.1 Å². The van der Waals surface area contributed by atoms with Gasteiger partial charge in [-0.1, -0.05) is 38.1 Å². The number of nitrogens with zero attached hydrogens (tertiary/aromatic N) is 2.